The van der Waals surface area contributed by atoms with Crippen LogP contribution < -0.4 is 0 Å². The van der Waals surface area contributed by atoms with E-state index < -0.39 is 5.97 Å². The highest BCUT2D eigenvalue weighted by molar-refractivity contribution is 5.89. The predicted octanol–water partition coefficient (Wildman–Crippen LogP) is 6.77. The Hall–Kier alpha value is -4.58. The van der Waals surface area contributed by atoms with E-state index in [2.05, 4.69) is 102 Å². The molecular formula is C39H44O4. The summed E-state index contributed by atoms with van der Waals surface area (Å²) in [5.74, 6) is 39.1. The Morgan fingerprint density at radius 1 is 0.442 bits per heavy atom. The van der Waals surface area contributed by atoms with Gasteiger partial charge in [0.1, 0.15) is 0 Å². The van der Waals surface area contributed by atoms with Crippen molar-refractivity contribution in [2.45, 2.75) is 123 Å². The van der Waals surface area contributed by atoms with Crippen molar-refractivity contribution in [3.63, 3.8) is 0 Å². The van der Waals surface area contributed by atoms with E-state index >= 15 is 0 Å². The summed E-state index contributed by atoms with van der Waals surface area (Å²) >= 11 is 0. The molecule has 43 heavy (non-hydrogen) atoms. The minimum atomic E-state index is -0.644. The molecule has 0 unspecified atom stereocenters. The van der Waals surface area contributed by atoms with Gasteiger partial charge >= 0.3 is 11.9 Å². The summed E-state index contributed by atoms with van der Waals surface area (Å²) in [7, 11) is 0. The second-order valence-corrected chi connectivity index (χ2v) is 9.53. The van der Waals surface area contributed by atoms with Gasteiger partial charge in [-0.2, -0.15) is 0 Å². The Bertz CT molecular complexity index is 1310. The minimum Gasteiger partial charge on any atom is -0.466 e. The van der Waals surface area contributed by atoms with Gasteiger partial charge in [-0.25, -0.2) is 4.79 Å². The maximum absolute atomic E-state index is 11.9. The van der Waals surface area contributed by atoms with Gasteiger partial charge in [0.2, 0.25) is 0 Å². The van der Waals surface area contributed by atoms with Gasteiger partial charge in [0.15, 0.2) is 0 Å². The Morgan fingerprint density at radius 3 is 1.28 bits per heavy atom. The molecular weight excluding hydrogens is 532 g/mol. The molecule has 4 nitrogen and oxygen atoms in total. The van der Waals surface area contributed by atoms with Gasteiger partial charge in [-0.15, -0.1) is 0 Å². The number of hydrogen-bond acceptors (Lipinski definition) is 4. The van der Waals surface area contributed by atoms with E-state index in [0.29, 0.717) is 19.4 Å². The van der Waals surface area contributed by atoms with Crippen LogP contribution in [0.25, 0.3) is 0 Å². The molecule has 0 fully saturated rings. The van der Waals surface area contributed by atoms with Gasteiger partial charge in [-0.1, -0.05) is 89.9 Å². The molecule has 0 bridgehead atoms. The third kappa shape index (κ3) is 33.5. The van der Waals surface area contributed by atoms with Crippen LogP contribution in [-0.2, 0) is 19.1 Å². The molecule has 0 heterocycles. The highest BCUT2D eigenvalue weighted by Gasteiger charge is 2.03. The van der Waals surface area contributed by atoms with E-state index in [0.717, 1.165) is 25.7 Å². The summed E-state index contributed by atoms with van der Waals surface area (Å²) in [5, 5.41) is 0. The first-order chi connectivity index (χ1) is 21.2. The summed E-state index contributed by atoms with van der Waals surface area (Å²) in [6.45, 7) is 4.61. The highest BCUT2D eigenvalue weighted by Crippen LogP contribution is 2.13. The number of ether oxygens (including phenoxy) is 2. The normalized spacial score (nSPS) is 8.23. The lowest BCUT2D eigenvalue weighted by Crippen LogP contribution is -2.06. The summed E-state index contributed by atoms with van der Waals surface area (Å²) in [6, 6.07) is 0. The quantitative estimate of drug-likeness (QED) is 0.0695. The third-order valence-electron chi connectivity index (χ3n) is 5.87. The van der Waals surface area contributed by atoms with E-state index in [-0.39, 0.29) is 12.6 Å². The van der Waals surface area contributed by atoms with Crippen molar-refractivity contribution in [2.24, 2.45) is 0 Å². The zero-order chi connectivity index (χ0) is 31.3. The number of carbonyl (C=O) groups is 2. The van der Waals surface area contributed by atoms with Crippen LogP contribution in [0, 0.1) is 94.7 Å². The summed E-state index contributed by atoms with van der Waals surface area (Å²) in [4.78, 5) is 23.4. The Morgan fingerprint density at radius 2 is 0.814 bits per heavy atom. The zero-order valence-electron chi connectivity index (χ0n) is 26.1. The van der Waals surface area contributed by atoms with Gasteiger partial charge in [0.05, 0.1) is 13.2 Å². The number of esters is 2. The summed E-state index contributed by atoms with van der Waals surface area (Å²) in [5.41, 5.74) is 0. The molecule has 0 aliphatic rings. The molecule has 0 aromatic heterocycles. The highest BCUT2D eigenvalue weighted by atomic mass is 16.5. The fourth-order valence-electron chi connectivity index (χ4n) is 3.65. The molecule has 0 aromatic rings. The van der Waals surface area contributed by atoms with Gasteiger partial charge in [-0.3, -0.25) is 4.79 Å². The molecule has 0 aliphatic carbocycles. The van der Waals surface area contributed by atoms with Crippen LogP contribution in [-0.4, -0.2) is 25.2 Å². The molecule has 0 spiro atoms. The van der Waals surface area contributed by atoms with Crippen LogP contribution in [0.15, 0.2) is 0 Å². The monoisotopic (exact) mass is 576 g/mol. The van der Waals surface area contributed by atoms with E-state index in [1.165, 1.54) is 70.6 Å². The van der Waals surface area contributed by atoms with Gasteiger partial charge in [0, 0.05) is 12.3 Å². The van der Waals surface area contributed by atoms with Crippen molar-refractivity contribution in [1.82, 2.24) is 0 Å². The standard InChI is InChI=1S/C39H44O4/c1-3-5-7-9-11-13-15-17-18-20-22-24-26-28-31-35-39(41)43-37-33-29-32-36-42-38(40)34-30-27-25-23-21-19-16-14-12-10-8-6-4-2/h4,6,8,10,12,14,16,19,21,23,25,27,29-30,32-34,36-37H2,1-2H3. The van der Waals surface area contributed by atoms with Crippen LogP contribution >= 0.6 is 0 Å². The molecule has 0 radical (unpaired) electrons. The molecule has 0 aliphatic heterocycles. The lowest BCUT2D eigenvalue weighted by molar-refractivity contribution is -0.143. The molecule has 0 rings (SSSR count). The molecule has 0 N–H and O–H groups in total. The van der Waals surface area contributed by atoms with Crippen molar-refractivity contribution in [1.29, 1.82) is 0 Å². The largest absolute Gasteiger partial charge is 0.466 e. The molecule has 0 saturated carbocycles. The average molecular weight is 577 g/mol. The lowest BCUT2D eigenvalue weighted by atomic mass is 10.0. The number of hydrogen-bond donors (Lipinski definition) is 0. The van der Waals surface area contributed by atoms with Gasteiger partial charge < -0.3 is 9.47 Å². The first kappa shape index (κ1) is 38.4. The summed E-state index contributed by atoms with van der Waals surface area (Å²) in [6.07, 6.45) is 19.4. The molecule has 0 atom stereocenters. The molecule has 0 aromatic carbocycles. The SMILES string of the molecule is CC#CC#CC#CC#CC#CC#CC#CC#CC(=O)OCCCCCOC(=O)CCCCCCCCCCCCCCC. The molecule has 0 amide bonds. The van der Waals surface area contributed by atoms with Crippen LogP contribution in [0.3, 0.4) is 0 Å². The van der Waals surface area contributed by atoms with Crippen molar-refractivity contribution in [3.8, 4) is 94.7 Å². The van der Waals surface area contributed by atoms with Gasteiger partial charge in [-0.05, 0) is 115 Å². The molecule has 4 heteroatoms. The Balaban J connectivity index is 3.69. The summed E-state index contributed by atoms with van der Waals surface area (Å²) < 4.78 is 10.3. The zero-order valence-corrected chi connectivity index (χ0v) is 26.1. The average Bonchev–Trinajstić information content (AvgIpc) is 3.01. The van der Waals surface area contributed by atoms with Crippen molar-refractivity contribution in [2.75, 3.05) is 13.2 Å². The Labute approximate surface area is 261 Å². The first-order valence-electron chi connectivity index (χ1n) is 15.5. The van der Waals surface area contributed by atoms with E-state index in [9.17, 15) is 9.59 Å². The fraction of sp³-hybridized carbons (Fsp3) is 0.538. The maximum Gasteiger partial charge on any atom is 0.385 e. The predicted molar refractivity (Wildman–Crippen MR) is 174 cm³/mol. The van der Waals surface area contributed by atoms with Crippen molar-refractivity contribution in [3.05, 3.63) is 0 Å². The second kappa shape index (κ2) is 33.6. The Kier molecular flexibility index (Phi) is 30.0. The van der Waals surface area contributed by atoms with Crippen LogP contribution in [0.2, 0.25) is 0 Å². The first-order valence-corrected chi connectivity index (χ1v) is 15.5. The van der Waals surface area contributed by atoms with Crippen LogP contribution in [0.1, 0.15) is 123 Å². The molecule has 0 saturated heterocycles. The second-order valence-electron chi connectivity index (χ2n) is 9.53. The van der Waals surface area contributed by atoms with Crippen molar-refractivity contribution < 1.29 is 19.1 Å². The van der Waals surface area contributed by atoms with E-state index in [1.54, 1.807) is 6.92 Å². The third-order valence-corrected chi connectivity index (χ3v) is 5.87. The van der Waals surface area contributed by atoms with E-state index in [1.807, 2.05) is 0 Å². The van der Waals surface area contributed by atoms with E-state index in [4.69, 9.17) is 9.47 Å². The van der Waals surface area contributed by atoms with Gasteiger partial charge in [0.25, 0.3) is 0 Å². The smallest absolute Gasteiger partial charge is 0.385 e. The number of unbranched alkanes of at least 4 members (excludes halogenated alkanes) is 14. The van der Waals surface area contributed by atoms with Crippen LogP contribution in [0.5, 0.6) is 0 Å². The number of carbonyl (C=O) groups excluding carboxylic acids is 2. The van der Waals surface area contributed by atoms with Crippen molar-refractivity contribution >= 4 is 11.9 Å². The lowest BCUT2D eigenvalue weighted by Gasteiger charge is -2.05. The van der Waals surface area contributed by atoms with Crippen LogP contribution in [0.4, 0.5) is 0 Å². The molecule has 224 valence electrons. The maximum atomic E-state index is 11.9. The topological polar surface area (TPSA) is 52.6 Å². The number of rotatable bonds is 20. The fourth-order valence-corrected chi connectivity index (χ4v) is 3.65. The minimum absolute atomic E-state index is 0.123.